The number of nitrogens with one attached hydrogen (secondary N) is 1. The molecule has 9 heteroatoms. The molecule has 2 aromatic rings. The summed E-state index contributed by atoms with van der Waals surface area (Å²) in [5, 5.41) is 2.73. The van der Waals surface area contributed by atoms with Crippen LogP contribution in [0.4, 0.5) is 13.2 Å². The van der Waals surface area contributed by atoms with Crippen LogP contribution in [0, 0.1) is 5.92 Å². The van der Waals surface area contributed by atoms with Gasteiger partial charge in [0.15, 0.2) is 11.5 Å². The minimum Gasteiger partial charge on any atom is -0.493 e. The molecule has 178 valence electrons. The highest BCUT2D eigenvalue weighted by atomic mass is 19.4. The van der Waals surface area contributed by atoms with E-state index >= 15 is 0 Å². The fourth-order valence-corrected chi connectivity index (χ4v) is 4.09. The molecule has 1 N–H and O–H groups in total. The summed E-state index contributed by atoms with van der Waals surface area (Å²) in [6, 6.07) is 10.4. The maximum Gasteiger partial charge on any atom is 0.416 e. The monoisotopic (exact) mass is 464 g/mol. The third kappa shape index (κ3) is 5.97. The van der Waals surface area contributed by atoms with Gasteiger partial charge in [-0.1, -0.05) is 18.2 Å². The number of likely N-dealkylation sites (tertiary alicyclic amines) is 1. The van der Waals surface area contributed by atoms with E-state index in [1.54, 1.807) is 18.1 Å². The Morgan fingerprint density at radius 2 is 1.79 bits per heavy atom. The number of carbonyl (C=O) groups is 2. The number of nitrogens with zero attached hydrogens (tertiary/aromatic N) is 1. The normalized spacial score (nSPS) is 18.5. The lowest BCUT2D eigenvalue weighted by atomic mass is 9.83. The fourth-order valence-electron chi connectivity index (χ4n) is 4.09. The number of hydrogen-bond donors (Lipinski definition) is 1. The topological polar surface area (TPSA) is 67.9 Å². The Hall–Kier alpha value is -3.23. The van der Waals surface area contributed by atoms with Crippen molar-refractivity contribution < 1.29 is 32.2 Å². The summed E-state index contributed by atoms with van der Waals surface area (Å²) < 4.78 is 49.5. The van der Waals surface area contributed by atoms with Crippen LogP contribution in [0.5, 0.6) is 11.5 Å². The first-order valence-corrected chi connectivity index (χ1v) is 10.5. The van der Waals surface area contributed by atoms with E-state index in [4.69, 9.17) is 9.47 Å². The number of benzene rings is 2. The average molecular weight is 464 g/mol. The summed E-state index contributed by atoms with van der Waals surface area (Å²) in [6.45, 7) is 2.14. The first-order valence-electron chi connectivity index (χ1n) is 10.5. The molecule has 2 amide bonds. The van der Waals surface area contributed by atoms with E-state index in [0.717, 1.165) is 17.7 Å². The molecule has 2 aromatic carbocycles. The van der Waals surface area contributed by atoms with Crippen molar-refractivity contribution in [2.75, 3.05) is 27.3 Å². The number of halogens is 3. The molecule has 0 spiro atoms. The number of carbonyl (C=O) groups excluding carboxylic acids is 2. The van der Waals surface area contributed by atoms with Crippen LogP contribution in [0.25, 0.3) is 0 Å². The van der Waals surface area contributed by atoms with Crippen molar-refractivity contribution in [3.8, 4) is 11.5 Å². The zero-order valence-corrected chi connectivity index (χ0v) is 18.7. The van der Waals surface area contributed by atoms with Gasteiger partial charge in [0.05, 0.1) is 25.7 Å². The Labute approximate surface area is 190 Å². The number of rotatable bonds is 6. The van der Waals surface area contributed by atoms with Crippen molar-refractivity contribution in [2.24, 2.45) is 5.92 Å². The maximum atomic E-state index is 12.9. The Morgan fingerprint density at radius 3 is 2.42 bits per heavy atom. The standard InChI is InChI=1S/C24H27F3N2O4/c1-15(30)29-13-18(17-7-8-21(32-2)22(11-17)33-3)10-19(14-29)23(31)28-12-16-5-4-6-20(9-16)24(25,26)27/h4-9,11,18-19H,10,12-14H2,1-3H3,(H,28,31). The van der Waals surface area contributed by atoms with Crippen molar-refractivity contribution in [1.82, 2.24) is 10.2 Å². The molecule has 0 aromatic heterocycles. The van der Waals surface area contributed by atoms with Crippen LogP contribution in [0.1, 0.15) is 36.0 Å². The highest BCUT2D eigenvalue weighted by Gasteiger charge is 2.34. The predicted octanol–water partition coefficient (Wildman–Crippen LogP) is 3.99. The molecular formula is C24H27F3N2O4. The van der Waals surface area contributed by atoms with Gasteiger partial charge in [-0.2, -0.15) is 13.2 Å². The molecule has 2 unspecified atom stereocenters. The van der Waals surface area contributed by atoms with Crippen molar-refractivity contribution in [2.45, 2.75) is 32.0 Å². The van der Waals surface area contributed by atoms with Gasteiger partial charge in [-0.05, 0) is 41.8 Å². The van der Waals surface area contributed by atoms with Gasteiger partial charge < -0.3 is 19.7 Å². The molecule has 3 rings (SSSR count). The number of piperidine rings is 1. The Bertz CT molecular complexity index is 1010. The summed E-state index contributed by atoms with van der Waals surface area (Å²) >= 11 is 0. The second kappa shape index (κ2) is 10.1. The van der Waals surface area contributed by atoms with Crippen molar-refractivity contribution in [3.05, 3.63) is 59.2 Å². The van der Waals surface area contributed by atoms with Gasteiger partial charge in [0.2, 0.25) is 11.8 Å². The van der Waals surface area contributed by atoms with E-state index in [2.05, 4.69) is 5.32 Å². The smallest absolute Gasteiger partial charge is 0.416 e. The minimum absolute atomic E-state index is 0.0274. The zero-order valence-electron chi connectivity index (χ0n) is 18.7. The molecule has 0 aliphatic carbocycles. The molecule has 1 heterocycles. The maximum absolute atomic E-state index is 12.9. The van der Waals surface area contributed by atoms with Gasteiger partial charge in [0.1, 0.15) is 0 Å². The lowest BCUT2D eigenvalue weighted by Gasteiger charge is -2.37. The van der Waals surface area contributed by atoms with Crippen LogP contribution in [-0.4, -0.2) is 44.0 Å². The Kier molecular flexibility index (Phi) is 7.50. The van der Waals surface area contributed by atoms with Gasteiger partial charge in [-0.3, -0.25) is 9.59 Å². The largest absolute Gasteiger partial charge is 0.493 e. The van der Waals surface area contributed by atoms with E-state index in [1.165, 1.54) is 26.2 Å². The van der Waals surface area contributed by atoms with Crippen molar-refractivity contribution >= 4 is 11.8 Å². The van der Waals surface area contributed by atoms with Crippen molar-refractivity contribution in [1.29, 1.82) is 0 Å². The molecule has 0 radical (unpaired) electrons. The van der Waals surface area contributed by atoms with E-state index < -0.39 is 17.7 Å². The minimum atomic E-state index is -4.45. The summed E-state index contributed by atoms with van der Waals surface area (Å²) in [5.74, 6) is 0.0920. The SMILES string of the molecule is COc1ccc(C2CC(C(=O)NCc3cccc(C(F)(F)F)c3)CN(C(C)=O)C2)cc1OC. The molecule has 2 atom stereocenters. The number of ether oxygens (including phenoxy) is 2. The highest BCUT2D eigenvalue weighted by molar-refractivity contribution is 5.81. The van der Waals surface area contributed by atoms with Gasteiger partial charge >= 0.3 is 6.18 Å². The molecule has 1 saturated heterocycles. The van der Waals surface area contributed by atoms with E-state index in [1.807, 2.05) is 12.1 Å². The molecule has 0 bridgehead atoms. The molecule has 33 heavy (non-hydrogen) atoms. The highest BCUT2D eigenvalue weighted by Crippen LogP contribution is 2.36. The van der Waals surface area contributed by atoms with Crippen molar-refractivity contribution in [3.63, 3.8) is 0 Å². The average Bonchev–Trinajstić information content (AvgIpc) is 2.81. The summed E-state index contributed by atoms with van der Waals surface area (Å²) in [4.78, 5) is 26.7. The van der Waals surface area contributed by atoms with Crippen LogP contribution in [0.15, 0.2) is 42.5 Å². The molecule has 1 aliphatic rings. The third-order valence-electron chi connectivity index (χ3n) is 5.87. The Morgan fingerprint density at radius 1 is 1.06 bits per heavy atom. The lowest BCUT2D eigenvalue weighted by Crippen LogP contribution is -2.47. The fraction of sp³-hybridized carbons (Fsp3) is 0.417. The summed E-state index contributed by atoms with van der Waals surface area (Å²) in [7, 11) is 3.08. The first-order chi connectivity index (χ1) is 15.6. The first kappa shape index (κ1) is 24.4. The molecule has 1 fully saturated rings. The third-order valence-corrected chi connectivity index (χ3v) is 5.87. The Balaban J connectivity index is 1.74. The molecule has 0 saturated carbocycles. The number of methoxy groups -OCH3 is 2. The molecular weight excluding hydrogens is 437 g/mol. The van der Waals surface area contributed by atoms with Gasteiger partial charge in [-0.25, -0.2) is 0 Å². The summed E-state index contributed by atoms with van der Waals surface area (Å²) in [6.07, 6.45) is -3.95. The zero-order chi connectivity index (χ0) is 24.2. The lowest BCUT2D eigenvalue weighted by molar-refractivity contribution is -0.137. The summed E-state index contributed by atoms with van der Waals surface area (Å²) in [5.41, 5.74) is 0.506. The molecule has 6 nitrogen and oxygen atoms in total. The van der Waals surface area contributed by atoms with Crippen LogP contribution in [0.3, 0.4) is 0 Å². The van der Waals surface area contributed by atoms with Gasteiger partial charge in [0.25, 0.3) is 0 Å². The number of alkyl halides is 3. The van der Waals surface area contributed by atoms with Gasteiger partial charge in [0, 0.05) is 32.5 Å². The van der Waals surface area contributed by atoms with E-state index in [-0.39, 0.29) is 30.8 Å². The number of amides is 2. The molecule has 1 aliphatic heterocycles. The van der Waals surface area contributed by atoms with Crippen LogP contribution < -0.4 is 14.8 Å². The second-order valence-corrected chi connectivity index (χ2v) is 8.08. The van der Waals surface area contributed by atoms with E-state index in [0.29, 0.717) is 30.0 Å². The predicted molar refractivity (Wildman–Crippen MR) is 116 cm³/mol. The van der Waals surface area contributed by atoms with Crippen LogP contribution in [-0.2, 0) is 22.3 Å². The van der Waals surface area contributed by atoms with Crippen LogP contribution in [0.2, 0.25) is 0 Å². The second-order valence-electron chi connectivity index (χ2n) is 8.08. The van der Waals surface area contributed by atoms with Crippen LogP contribution >= 0.6 is 0 Å². The van der Waals surface area contributed by atoms with E-state index in [9.17, 15) is 22.8 Å². The number of hydrogen-bond acceptors (Lipinski definition) is 4. The quantitative estimate of drug-likeness (QED) is 0.702. The van der Waals surface area contributed by atoms with Gasteiger partial charge in [-0.15, -0.1) is 0 Å².